The monoisotopic (exact) mass is 493 g/mol. The fourth-order valence-electron chi connectivity index (χ4n) is 3.02. The Hall–Kier alpha value is -2.62. The summed E-state index contributed by atoms with van der Waals surface area (Å²) in [6, 6.07) is 11.9. The van der Waals surface area contributed by atoms with Crippen molar-refractivity contribution in [3.63, 3.8) is 0 Å². The minimum Gasteiger partial charge on any atom is -0.325 e. The van der Waals surface area contributed by atoms with Crippen molar-refractivity contribution in [3.8, 4) is 11.1 Å². The van der Waals surface area contributed by atoms with E-state index < -0.39 is 22.9 Å². The highest BCUT2D eigenvalue weighted by molar-refractivity contribution is 8.00. The van der Waals surface area contributed by atoms with E-state index in [9.17, 15) is 18.0 Å². The second-order valence-corrected chi connectivity index (χ2v) is 9.47. The van der Waals surface area contributed by atoms with Crippen molar-refractivity contribution in [2.24, 2.45) is 0 Å². The predicted molar refractivity (Wildman–Crippen MR) is 123 cm³/mol. The number of hydrogen-bond donors (Lipinski definition) is 1. The van der Waals surface area contributed by atoms with Crippen LogP contribution in [0.1, 0.15) is 12.5 Å². The maximum absolute atomic E-state index is 12.9. The summed E-state index contributed by atoms with van der Waals surface area (Å²) < 4.78 is 38.8. The lowest BCUT2D eigenvalue weighted by molar-refractivity contribution is -0.137. The van der Waals surface area contributed by atoms with Crippen LogP contribution in [0.2, 0.25) is 5.02 Å². The number of carbonyl (C=O) groups is 1. The Bertz CT molecular complexity index is 1280. The Balaban J connectivity index is 1.57. The normalized spacial score (nSPS) is 12.7. The maximum Gasteiger partial charge on any atom is 0.416 e. The molecule has 4 aromatic rings. The molecule has 4 nitrogen and oxygen atoms in total. The molecular weight excluding hydrogens is 479 g/mol. The topological polar surface area (TPSA) is 54.9 Å². The van der Waals surface area contributed by atoms with Crippen LogP contribution in [0.3, 0.4) is 0 Å². The Morgan fingerprint density at radius 3 is 2.62 bits per heavy atom. The van der Waals surface area contributed by atoms with Crippen molar-refractivity contribution in [1.29, 1.82) is 0 Å². The number of nitrogens with zero attached hydrogens (tertiary/aromatic N) is 2. The number of fused-ring (bicyclic) bond motifs is 1. The Morgan fingerprint density at radius 1 is 1.16 bits per heavy atom. The highest BCUT2D eigenvalue weighted by Crippen LogP contribution is 2.39. The molecule has 164 valence electrons. The van der Waals surface area contributed by atoms with Crippen LogP contribution in [-0.4, -0.2) is 21.1 Å². The summed E-state index contributed by atoms with van der Waals surface area (Å²) in [6.45, 7) is 1.68. The number of alkyl halides is 3. The van der Waals surface area contributed by atoms with Crippen LogP contribution in [0.25, 0.3) is 21.3 Å². The molecule has 32 heavy (non-hydrogen) atoms. The fraction of sp³-hybridized carbons (Fsp3) is 0.136. The van der Waals surface area contributed by atoms with Gasteiger partial charge in [-0.05, 0) is 42.8 Å². The molecule has 1 N–H and O–H groups in total. The first-order chi connectivity index (χ1) is 15.2. The van der Waals surface area contributed by atoms with E-state index in [0.29, 0.717) is 10.0 Å². The molecule has 0 aliphatic rings. The number of halogens is 4. The average molecular weight is 494 g/mol. The highest BCUT2D eigenvalue weighted by Gasteiger charge is 2.30. The van der Waals surface area contributed by atoms with Crippen LogP contribution in [-0.2, 0) is 11.0 Å². The number of nitrogens with one attached hydrogen (secondary N) is 1. The fourth-order valence-corrected chi connectivity index (χ4v) is 5.06. The first-order valence-corrected chi connectivity index (χ1v) is 11.5. The first-order valence-electron chi connectivity index (χ1n) is 9.35. The van der Waals surface area contributed by atoms with Gasteiger partial charge in [0.1, 0.15) is 16.2 Å². The quantitative estimate of drug-likeness (QED) is 0.237. The second kappa shape index (κ2) is 9.09. The van der Waals surface area contributed by atoms with E-state index >= 15 is 0 Å². The number of rotatable bonds is 5. The van der Waals surface area contributed by atoms with Crippen LogP contribution in [0.4, 0.5) is 18.9 Å². The molecule has 1 atom stereocenters. The number of anilines is 1. The zero-order valence-corrected chi connectivity index (χ0v) is 18.9. The Kier molecular flexibility index (Phi) is 6.41. The summed E-state index contributed by atoms with van der Waals surface area (Å²) in [5.74, 6) is -0.427. The number of carbonyl (C=O) groups excluding carboxylic acids is 1. The van der Waals surface area contributed by atoms with Crippen molar-refractivity contribution in [3.05, 3.63) is 70.8 Å². The molecule has 0 aliphatic carbocycles. The molecule has 0 spiro atoms. The van der Waals surface area contributed by atoms with Crippen LogP contribution in [0, 0.1) is 0 Å². The van der Waals surface area contributed by atoms with E-state index in [1.807, 2.05) is 17.5 Å². The minimum absolute atomic E-state index is 0.0856. The highest BCUT2D eigenvalue weighted by atomic mass is 35.5. The van der Waals surface area contributed by atoms with E-state index in [2.05, 4.69) is 15.3 Å². The smallest absolute Gasteiger partial charge is 0.325 e. The summed E-state index contributed by atoms with van der Waals surface area (Å²) in [5, 5.41) is 5.98. The van der Waals surface area contributed by atoms with Gasteiger partial charge in [-0.25, -0.2) is 9.97 Å². The maximum atomic E-state index is 12.9. The van der Waals surface area contributed by atoms with Crippen molar-refractivity contribution < 1.29 is 18.0 Å². The van der Waals surface area contributed by atoms with Crippen LogP contribution in [0.15, 0.2) is 65.3 Å². The van der Waals surface area contributed by atoms with Gasteiger partial charge in [0.15, 0.2) is 0 Å². The van der Waals surface area contributed by atoms with Gasteiger partial charge < -0.3 is 5.32 Å². The van der Waals surface area contributed by atoms with Gasteiger partial charge in [-0.2, -0.15) is 13.2 Å². The van der Waals surface area contributed by atoms with Crippen molar-refractivity contribution in [1.82, 2.24) is 9.97 Å². The number of hydrogen-bond acceptors (Lipinski definition) is 5. The lowest BCUT2D eigenvalue weighted by Gasteiger charge is -2.14. The molecule has 0 fully saturated rings. The van der Waals surface area contributed by atoms with Crippen LogP contribution in [0.5, 0.6) is 0 Å². The summed E-state index contributed by atoms with van der Waals surface area (Å²) >= 11 is 8.68. The molecule has 2 heterocycles. The predicted octanol–water partition coefficient (Wildman–Crippen LogP) is 7.15. The van der Waals surface area contributed by atoms with E-state index in [-0.39, 0.29) is 5.69 Å². The third kappa shape index (κ3) is 4.90. The van der Waals surface area contributed by atoms with Gasteiger partial charge in [0.05, 0.1) is 16.2 Å². The number of thiophene rings is 1. The van der Waals surface area contributed by atoms with Gasteiger partial charge in [0, 0.05) is 21.7 Å². The van der Waals surface area contributed by atoms with Gasteiger partial charge >= 0.3 is 6.18 Å². The molecule has 4 rings (SSSR count). The van der Waals surface area contributed by atoms with E-state index in [0.717, 1.165) is 33.5 Å². The first kappa shape index (κ1) is 22.6. The number of aromatic nitrogens is 2. The summed E-state index contributed by atoms with van der Waals surface area (Å²) in [4.78, 5) is 22.1. The molecule has 0 radical (unpaired) electrons. The van der Waals surface area contributed by atoms with Crippen LogP contribution >= 0.6 is 34.7 Å². The third-order valence-corrected chi connectivity index (χ3v) is 6.84. The van der Waals surface area contributed by atoms with Gasteiger partial charge in [0.2, 0.25) is 5.91 Å². The number of benzene rings is 2. The lowest BCUT2D eigenvalue weighted by atomic mass is 10.1. The van der Waals surface area contributed by atoms with Crippen molar-refractivity contribution >= 4 is 56.5 Å². The SMILES string of the molecule is C[C@@H](Sc1ncnc2scc(-c3ccc(Cl)cc3)c12)C(=O)Nc1cccc(C(F)(F)F)c1. The van der Waals surface area contributed by atoms with Gasteiger partial charge in [-0.15, -0.1) is 11.3 Å². The average Bonchev–Trinajstić information content (AvgIpc) is 3.19. The van der Waals surface area contributed by atoms with E-state index in [1.54, 1.807) is 19.1 Å². The Labute approximate surface area is 194 Å². The largest absolute Gasteiger partial charge is 0.416 e. The molecule has 0 saturated carbocycles. The van der Waals surface area contributed by atoms with Crippen molar-refractivity contribution in [2.45, 2.75) is 23.4 Å². The summed E-state index contributed by atoms with van der Waals surface area (Å²) in [7, 11) is 0. The van der Waals surface area contributed by atoms with Gasteiger partial charge in [0.25, 0.3) is 0 Å². The number of thioether (sulfide) groups is 1. The second-order valence-electron chi connectivity index (χ2n) is 6.84. The molecule has 2 aromatic heterocycles. The van der Waals surface area contributed by atoms with Gasteiger partial charge in [-0.3, -0.25) is 4.79 Å². The Morgan fingerprint density at radius 2 is 1.91 bits per heavy atom. The molecule has 0 aliphatic heterocycles. The van der Waals surface area contributed by atoms with Crippen molar-refractivity contribution in [2.75, 3.05) is 5.32 Å². The zero-order valence-electron chi connectivity index (χ0n) is 16.5. The van der Waals surface area contributed by atoms with Gasteiger partial charge in [-0.1, -0.05) is 41.6 Å². The molecule has 1 amide bonds. The molecule has 0 bridgehead atoms. The summed E-state index contributed by atoms with van der Waals surface area (Å²) in [6.07, 6.45) is -3.05. The molecular formula is C22H15ClF3N3OS2. The van der Waals surface area contributed by atoms with E-state index in [4.69, 9.17) is 11.6 Å². The lowest BCUT2D eigenvalue weighted by Crippen LogP contribution is -2.22. The summed E-state index contributed by atoms with van der Waals surface area (Å²) in [5.41, 5.74) is 1.13. The number of amides is 1. The zero-order chi connectivity index (χ0) is 22.9. The van der Waals surface area contributed by atoms with Crippen LogP contribution < -0.4 is 5.32 Å². The molecule has 10 heteroatoms. The third-order valence-electron chi connectivity index (χ3n) is 4.61. The minimum atomic E-state index is -4.48. The molecule has 2 aromatic carbocycles. The molecule has 0 saturated heterocycles. The van der Waals surface area contributed by atoms with E-state index in [1.165, 1.54) is 41.6 Å². The standard InChI is InChI=1S/C22H15ClF3N3OS2/c1-12(19(30)29-16-4-2-3-14(9-16)22(24,25)26)32-21-18-17(10-31-20(18)27-11-28-21)13-5-7-15(23)8-6-13/h2-12H,1H3,(H,29,30)/t12-/m1/s1. The molecule has 0 unspecified atom stereocenters.